The van der Waals surface area contributed by atoms with Crippen LogP contribution < -0.4 is 0 Å². The standard InChI is InChI=1S/C66H134N4O6S2/c1-5-9-13-17-21-25-29-33-42-62(71)58-69(59-63(72)43-34-30-26-22-18-14-10-6-2)48-38-40-57-78-77-56-39-37-47-67-50-52-68(53-51-67)54-55-76-66(75)46-41-49-70(60-64(73)44-35-31-27-23-19-15-11-7-3)61-65(74)45-36-32-28-24-20-16-12-8-4/h62-65,71-74H,5-61H2,1-4H3. The van der Waals surface area contributed by atoms with Gasteiger partial charge in [0.1, 0.15) is 6.61 Å². The molecule has 0 radical (unpaired) electrons. The summed E-state index contributed by atoms with van der Waals surface area (Å²) in [5, 5.41) is 44.0. The van der Waals surface area contributed by atoms with E-state index in [-0.39, 0.29) is 18.2 Å². The number of hydrogen-bond donors (Lipinski definition) is 4. The number of ether oxygens (including phenoxy) is 1. The average molecular weight is 1140 g/mol. The molecule has 1 saturated heterocycles. The van der Waals surface area contributed by atoms with E-state index in [1.807, 2.05) is 21.6 Å². The molecule has 0 aromatic rings. The van der Waals surface area contributed by atoms with Crippen LogP contribution in [0, 0.1) is 0 Å². The first-order valence-corrected chi connectivity index (χ1v) is 36.7. The molecule has 1 heterocycles. The van der Waals surface area contributed by atoms with Crippen molar-refractivity contribution in [2.24, 2.45) is 0 Å². The molecule has 78 heavy (non-hydrogen) atoms. The van der Waals surface area contributed by atoms with Crippen molar-refractivity contribution < 1.29 is 30.0 Å². The van der Waals surface area contributed by atoms with E-state index in [1.165, 1.54) is 205 Å². The summed E-state index contributed by atoms with van der Waals surface area (Å²) in [6.45, 7) is 19.8. The van der Waals surface area contributed by atoms with Crippen LogP contribution in [0.1, 0.15) is 297 Å². The molecule has 0 bridgehead atoms. The molecule has 4 unspecified atom stereocenters. The smallest absolute Gasteiger partial charge is 0.305 e. The van der Waals surface area contributed by atoms with Crippen LogP contribution in [0.2, 0.25) is 0 Å². The van der Waals surface area contributed by atoms with Crippen LogP contribution in [0.5, 0.6) is 0 Å². The fraction of sp³-hybridized carbons (Fsp3) is 0.985. The monoisotopic (exact) mass is 1140 g/mol. The van der Waals surface area contributed by atoms with Gasteiger partial charge in [-0.3, -0.25) is 19.5 Å². The van der Waals surface area contributed by atoms with Gasteiger partial charge in [-0.1, -0.05) is 255 Å². The molecule has 1 aliphatic rings. The van der Waals surface area contributed by atoms with E-state index in [1.54, 1.807) is 0 Å². The van der Waals surface area contributed by atoms with Crippen molar-refractivity contribution in [3.63, 3.8) is 0 Å². The summed E-state index contributed by atoms with van der Waals surface area (Å²) in [4.78, 5) is 22.4. The normalized spacial score (nSPS) is 15.2. The predicted octanol–water partition coefficient (Wildman–Crippen LogP) is 16.0. The highest BCUT2D eigenvalue weighted by Crippen LogP contribution is 2.24. The molecule has 10 nitrogen and oxygen atoms in total. The number of carbonyl (C=O) groups excluding carboxylic acids is 1. The zero-order valence-electron chi connectivity index (χ0n) is 52.3. The molecular formula is C66H134N4O6S2. The van der Waals surface area contributed by atoms with Gasteiger partial charge in [0.05, 0.1) is 24.4 Å². The second kappa shape index (κ2) is 58.6. The Morgan fingerprint density at radius 1 is 0.385 bits per heavy atom. The predicted molar refractivity (Wildman–Crippen MR) is 342 cm³/mol. The van der Waals surface area contributed by atoms with Crippen LogP contribution in [-0.4, -0.2) is 167 Å². The number of hydrogen-bond acceptors (Lipinski definition) is 12. The fourth-order valence-electron chi connectivity index (χ4n) is 11.3. The topological polar surface area (TPSA) is 120 Å². The maximum Gasteiger partial charge on any atom is 0.305 e. The lowest BCUT2D eigenvalue weighted by Crippen LogP contribution is -2.47. The van der Waals surface area contributed by atoms with Crippen molar-refractivity contribution in [2.45, 2.75) is 322 Å². The minimum absolute atomic E-state index is 0.138. The Morgan fingerprint density at radius 2 is 0.679 bits per heavy atom. The van der Waals surface area contributed by atoms with E-state index in [4.69, 9.17) is 4.74 Å². The summed E-state index contributed by atoms with van der Waals surface area (Å²) in [5.41, 5.74) is 0. The second-order valence-corrected chi connectivity index (χ2v) is 27.0. The third-order valence-electron chi connectivity index (χ3n) is 16.4. The summed E-state index contributed by atoms with van der Waals surface area (Å²) >= 11 is 0. The van der Waals surface area contributed by atoms with Gasteiger partial charge in [-0.15, -0.1) is 0 Å². The Morgan fingerprint density at radius 3 is 1.03 bits per heavy atom. The maximum atomic E-state index is 12.8. The largest absolute Gasteiger partial charge is 0.464 e. The minimum Gasteiger partial charge on any atom is -0.464 e. The number of aliphatic hydroxyl groups excluding tert-OH is 4. The highest BCUT2D eigenvalue weighted by atomic mass is 33.1. The molecule has 1 aliphatic heterocycles. The molecular weight excluding hydrogens is 1010 g/mol. The first kappa shape index (κ1) is 75.9. The van der Waals surface area contributed by atoms with E-state index < -0.39 is 12.2 Å². The maximum absolute atomic E-state index is 12.8. The van der Waals surface area contributed by atoms with Crippen LogP contribution in [0.15, 0.2) is 0 Å². The molecule has 0 saturated carbocycles. The van der Waals surface area contributed by atoms with E-state index >= 15 is 0 Å². The number of esters is 1. The number of nitrogens with zero attached hydrogens (tertiary/aromatic N) is 4. The Balaban J connectivity index is 2.29. The Kier molecular flexibility index (Phi) is 57.0. The lowest BCUT2D eigenvalue weighted by atomic mass is 10.0. The molecule has 0 amide bonds. The Hall–Kier alpha value is -0.150. The molecule has 0 spiro atoms. The molecule has 0 aliphatic carbocycles. The summed E-state index contributed by atoms with van der Waals surface area (Å²) < 4.78 is 5.72. The number of piperazine rings is 1. The molecule has 4 atom stereocenters. The molecule has 0 aromatic carbocycles. The number of rotatable bonds is 62. The molecule has 1 fully saturated rings. The quantitative estimate of drug-likeness (QED) is 0.0264. The van der Waals surface area contributed by atoms with Crippen molar-refractivity contribution in [3.8, 4) is 0 Å². The van der Waals surface area contributed by atoms with Crippen molar-refractivity contribution in [1.82, 2.24) is 19.6 Å². The van der Waals surface area contributed by atoms with Crippen LogP contribution in [0.4, 0.5) is 0 Å². The van der Waals surface area contributed by atoms with Crippen molar-refractivity contribution in [1.29, 1.82) is 0 Å². The highest BCUT2D eigenvalue weighted by molar-refractivity contribution is 8.76. The SMILES string of the molecule is CCCCCCCCCCC(O)CN(CCCCSSCCCCN1CCN(CCOC(=O)CCCN(CC(O)CCCCCCCCCC)CC(O)CCCCCCCCCC)CC1)CC(O)CCCCCCCCCC. The minimum atomic E-state index is -0.400. The van der Waals surface area contributed by atoms with Crippen LogP contribution in [0.25, 0.3) is 0 Å². The summed E-state index contributed by atoms with van der Waals surface area (Å²) in [7, 11) is 4.04. The first-order valence-electron chi connectivity index (χ1n) is 34.2. The Bertz CT molecular complexity index is 1170. The third kappa shape index (κ3) is 51.5. The van der Waals surface area contributed by atoms with Gasteiger partial charge in [0.25, 0.3) is 0 Å². The molecule has 0 aromatic heterocycles. The van der Waals surface area contributed by atoms with E-state index in [0.717, 1.165) is 109 Å². The van der Waals surface area contributed by atoms with Gasteiger partial charge < -0.3 is 30.1 Å². The number of aliphatic hydroxyl groups is 4. The van der Waals surface area contributed by atoms with Crippen LogP contribution in [-0.2, 0) is 9.53 Å². The lowest BCUT2D eigenvalue weighted by molar-refractivity contribution is -0.144. The lowest BCUT2D eigenvalue weighted by Gasteiger charge is -2.34. The summed E-state index contributed by atoms with van der Waals surface area (Å²) in [5.74, 6) is 2.21. The molecule has 1 rings (SSSR count). The van der Waals surface area contributed by atoms with Gasteiger partial charge in [0.2, 0.25) is 0 Å². The van der Waals surface area contributed by atoms with Gasteiger partial charge in [0, 0.05) is 76.8 Å². The van der Waals surface area contributed by atoms with Crippen LogP contribution in [0.3, 0.4) is 0 Å². The summed E-state index contributed by atoms with van der Waals surface area (Å²) in [6, 6.07) is 0. The van der Waals surface area contributed by atoms with Crippen LogP contribution >= 0.6 is 21.6 Å². The van der Waals surface area contributed by atoms with Crippen molar-refractivity contribution in [3.05, 3.63) is 0 Å². The first-order chi connectivity index (χ1) is 38.2. The fourth-order valence-corrected chi connectivity index (χ4v) is 13.6. The highest BCUT2D eigenvalue weighted by Gasteiger charge is 2.20. The average Bonchev–Trinajstić information content (AvgIpc) is 3.42. The molecule has 466 valence electrons. The van der Waals surface area contributed by atoms with Gasteiger partial charge >= 0.3 is 5.97 Å². The third-order valence-corrected chi connectivity index (χ3v) is 19.0. The van der Waals surface area contributed by atoms with E-state index in [9.17, 15) is 25.2 Å². The summed E-state index contributed by atoms with van der Waals surface area (Å²) in [6.07, 6.45) is 48.5. The van der Waals surface area contributed by atoms with Crippen molar-refractivity contribution >= 4 is 27.6 Å². The zero-order valence-corrected chi connectivity index (χ0v) is 54.0. The van der Waals surface area contributed by atoms with Gasteiger partial charge in [-0.05, 0) is 77.4 Å². The zero-order chi connectivity index (χ0) is 56.6. The molecule has 4 N–H and O–H groups in total. The number of carbonyl (C=O) groups is 1. The number of unbranched alkanes of at least 4 members (excludes halogenated alkanes) is 30. The van der Waals surface area contributed by atoms with Gasteiger partial charge in [-0.2, -0.15) is 0 Å². The second-order valence-electron chi connectivity index (χ2n) is 24.3. The van der Waals surface area contributed by atoms with Gasteiger partial charge in [0.15, 0.2) is 0 Å². The Labute approximate surface area is 493 Å². The van der Waals surface area contributed by atoms with Gasteiger partial charge in [-0.25, -0.2) is 0 Å². The molecule has 12 heteroatoms. The van der Waals surface area contributed by atoms with E-state index in [0.29, 0.717) is 52.2 Å². The van der Waals surface area contributed by atoms with E-state index in [2.05, 4.69) is 47.3 Å². The van der Waals surface area contributed by atoms with Crippen molar-refractivity contribution in [2.75, 3.05) is 96.6 Å².